The second kappa shape index (κ2) is 5.80. The van der Waals surface area contributed by atoms with E-state index in [1.807, 2.05) is 11.8 Å². The zero-order valence-electron chi connectivity index (χ0n) is 15.9. The van der Waals surface area contributed by atoms with E-state index >= 15 is 0 Å². The molecule has 3 rings (SSSR count). The monoisotopic (exact) mass is 335 g/mol. The minimum absolute atomic E-state index is 0.0762. The summed E-state index contributed by atoms with van der Waals surface area (Å²) in [6, 6.07) is 0.988. The van der Waals surface area contributed by atoms with Gasteiger partial charge in [-0.1, -0.05) is 20.8 Å². The lowest BCUT2D eigenvalue weighted by Gasteiger charge is -2.42. The fourth-order valence-corrected chi connectivity index (χ4v) is 4.67. The van der Waals surface area contributed by atoms with E-state index in [4.69, 9.17) is 4.99 Å². The minimum atomic E-state index is 0.0762. The van der Waals surface area contributed by atoms with Gasteiger partial charge in [0.25, 0.3) is 0 Å². The predicted molar refractivity (Wildman–Crippen MR) is 102 cm³/mol. The molecule has 2 saturated heterocycles. The van der Waals surface area contributed by atoms with Crippen LogP contribution in [0.25, 0.3) is 0 Å². The summed E-state index contributed by atoms with van der Waals surface area (Å²) in [6.07, 6.45) is 4.79. The summed E-state index contributed by atoms with van der Waals surface area (Å²) in [6.45, 7) is 17.7. The molecular formula is C19H33N3S. The molecule has 0 N–H and O–H groups in total. The minimum Gasteiger partial charge on any atom is -0.331 e. The second-order valence-corrected chi connectivity index (χ2v) is 10.2. The highest BCUT2D eigenvalue weighted by Crippen LogP contribution is 2.44. The van der Waals surface area contributed by atoms with Crippen LogP contribution in [0.2, 0.25) is 0 Å². The lowest BCUT2D eigenvalue weighted by Crippen LogP contribution is -2.49. The Morgan fingerprint density at radius 2 is 1.78 bits per heavy atom. The van der Waals surface area contributed by atoms with Crippen molar-refractivity contribution in [2.45, 2.75) is 71.2 Å². The number of hydrogen-bond donors (Lipinski definition) is 0. The van der Waals surface area contributed by atoms with Crippen molar-refractivity contribution in [3.63, 3.8) is 0 Å². The van der Waals surface area contributed by atoms with Crippen molar-refractivity contribution in [2.24, 2.45) is 10.4 Å². The number of aliphatic imine (C=N–C) groups is 1. The van der Waals surface area contributed by atoms with E-state index in [2.05, 4.69) is 57.6 Å². The first-order valence-corrected chi connectivity index (χ1v) is 10.3. The molecule has 0 aromatic heterocycles. The van der Waals surface area contributed by atoms with Crippen LogP contribution in [0.4, 0.5) is 0 Å². The normalized spacial score (nSPS) is 29.5. The van der Waals surface area contributed by atoms with Gasteiger partial charge in [0, 0.05) is 24.7 Å². The van der Waals surface area contributed by atoms with Gasteiger partial charge >= 0.3 is 0 Å². The Morgan fingerprint density at radius 3 is 2.26 bits per heavy atom. The summed E-state index contributed by atoms with van der Waals surface area (Å²) in [5, 5.41) is 0. The average molecular weight is 336 g/mol. The van der Waals surface area contributed by atoms with Crippen molar-refractivity contribution >= 4 is 17.6 Å². The van der Waals surface area contributed by atoms with E-state index in [9.17, 15) is 0 Å². The molecule has 3 nitrogen and oxygen atoms in total. The first-order valence-electron chi connectivity index (χ1n) is 9.03. The van der Waals surface area contributed by atoms with Gasteiger partial charge in [0.05, 0.1) is 10.8 Å². The molecule has 0 aromatic rings. The first-order chi connectivity index (χ1) is 10.6. The van der Waals surface area contributed by atoms with Crippen molar-refractivity contribution < 1.29 is 0 Å². The predicted octanol–water partition coefficient (Wildman–Crippen LogP) is 4.01. The van der Waals surface area contributed by atoms with Gasteiger partial charge < -0.3 is 4.90 Å². The number of amidine groups is 1. The van der Waals surface area contributed by atoms with E-state index in [0.717, 1.165) is 6.54 Å². The molecule has 0 bridgehead atoms. The lowest BCUT2D eigenvalue weighted by molar-refractivity contribution is 0.124. The van der Waals surface area contributed by atoms with Crippen LogP contribution in [0.15, 0.2) is 16.3 Å². The highest BCUT2D eigenvalue weighted by atomic mass is 32.2. The molecule has 2 atom stereocenters. The van der Waals surface area contributed by atoms with Gasteiger partial charge in [-0.15, -0.1) is 0 Å². The van der Waals surface area contributed by atoms with E-state index < -0.39 is 0 Å². The summed E-state index contributed by atoms with van der Waals surface area (Å²) in [4.78, 5) is 10.4. The Morgan fingerprint density at radius 1 is 1.13 bits per heavy atom. The van der Waals surface area contributed by atoms with Crippen molar-refractivity contribution in [3.8, 4) is 0 Å². The van der Waals surface area contributed by atoms with Crippen LogP contribution in [-0.2, 0) is 0 Å². The maximum atomic E-state index is 5.20. The van der Waals surface area contributed by atoms with Gasteiger partial charge in [-0.05, 0) is 57.5 Å². The topological polar surface area (TPSA) is 18.8 Å². The molecule has 0 spiro atoms. The fraction of sp³-hybridized carbons (Fsp3) is 0.842. The van der Waals surface area contributed by atoms with Crippen LogP contribution >= 0.6 is 11.8 Å². The molecule has 23 heavy (non-hydrogen) atoms. The molecule has 1 unspecified atom stereocenters. The largest absolute Gasteiger partial charge is 0.331 e. The fourth-order valence-electron chi connectivity index (χ4n) is 4.33. The van der Waals surface area contributed by atoms with E-state index in [1.54, 1.807) is 11.3 Å². The summed E-state index contributed by atoms with van der Waals surface area (Å²) >= 11 is 1.91. The van der Waals surface area contributed by atoms with Crippen LogP contribution < -0.4 is 0 Å². The van der Waals surface area contributed by atoms with Gasteiger partial charge in [-0.3, -0.25) is 9.89 Å². The molecule has 0 amide bonds. The van der Waals surface area contributed by atoms with Gasteiger partial charge in [-0.2, -0.15) is 11.8 Å². The third-order valence-electron chi connectivity index (χ3n) is 5.71. The van der Waals surface area contributed by atoms with Gasteiger partial charge in [0.1, 0.15) is 5.84 Å². The lowest BCUT2D eigenvalue weighted by atomic mass is 9.79. The van der Waals surface area contributed by atoms with Crippen LogP contribution in [0, 0.1) is 5.41 Å². The SMILES string of the molecule is CSC(C)(C)C1=N[C@@H](C)C(C(C)(C)C)=C2CC(N3CCC3)CN12. The standard InChI is InChI=1S/C19H33N3S/c1-13-16(18(2,3)4)15-11-14(21-9-8-10-21)12-22(15)17(20-13)19(5,6)23-7/h13-14H,8-12H2,1-7H3/t13-,14?/m0/s1. The first kappa shape index (κ1) is 17.3. The Hall–Kier alpha value is -0.480. The summed E-state index contributed by atoms with van der Waals surface area (Å²) in [7, 11) is 0. The van der Waals surface area contributed by atoms with E-state index in [0.29, 0.717) is 12.1 Å². The van der Waals surface area contributed by atoms with Gasteiger partial charge in [-0.25, -0.2) is 0 Å². The molecule has 4 heteroatoms. The third-order valence-corrected chi connectivity index (χ3v) is 6.92. The van der Waals surface area contributed by atoms with Crippen LogP contribution in [0.5, 0.6) is 0 Å². The summed E-state index contributed by atoms with van der Waals surface area (Å²) in [5.74, 6) is 1.29. The summed E-state index contributed by atoms with van der Waals surface area (Å²) < 4.78 is 0.0762. The summed E-state index contributed by atoms with van der Waals surface area (Å²) in [5.41, 5.74) is 3.32. The van der Waals surface area contributed by atoms with E-state index in [-0.39, 0.29) is 10.2 Å². The number of likely N-dealkylation sites (tertiary alicyclic amines) is 1. The molecule has 0 aromatic carbocycles. The Balaban J connectivity index is 2.01. The number of rotatable bonds is 3. The van der Waals surface area contributed by atoms with Crippen LogP contribution in [-0.4, -0.2) is 58.4 Å². The zero-order valence-corrected chi connectivity index (χ0v) is 16.8. The maximum absolute atomic E-state index is 5.20. The Bertz CT molecular complexity index is 537. The average Bonchev–Trinajstić information content (AvgIpc) is 2.77. The number of thioether (sulfide) groups is 1. The third kappa shape index (κ3) is 2.97. The number of fused-ring (bicyclic) bond motifs is 1. The van der Waals surface area contributed by atoms with Crippen LogP contribution in [0.1, 0.15) is 54.4 Å². The van der Waals surface area contributed by atoms with Crippen molar-refractivity contribution in [2.75, 3.05) is 25.9 Å². The van der Waals surface area contributed by atoms with E-state index in [1.165, 1.54) is 31.8 Å². The van der Waals surface area contributed by atoms with Gasteiger partial charge in [0.15, 0.2) is 0 Å². The Kier molecular flexibility index (Phi) is 4.38. The van der Waals surface area contributed by atoms with Gasteiger partial charge in [0.2, 0.25) is 0 Å². The second-order valence-electron chi connectivity index (χ2n) is 8.81. The Labute approximate surface area is 146 Å². The quantitative estimate of drug-likeness (QED) is 0.776. The molecule has 3 heterocycles. The number of nitrogens with zero attached hydrogens (tertiary/aromatic N) is 3. The van der Waals surface area contributed by atoms with Crippen molar-refractivity contribution in [3.05, 3.63) is 11.3 Å². The van der Waals surface area contributed by atoms with Crippen molar-refractivity contribution in [1.29, 1.82) is 0 Å². The molecule has 130 valence electrons. The highest BCUT2D eigenvalue weighted by molar-refractivity contribution is 8.00. The highest BCUT2D eigenvalue weighted by Gasteiger charge is 2.45. The maximum Gasteiger partial charge on any atom is 0.120 e. The van der Waals surface area contributed by atoms with Crippen molar-refractivity contribution in [1.82, 2.24) is 9.80 Å². The zero-order chi connectivity index (χ0) is 17.0. The molecule has 3 aliphatic heterocycles. The smallest absolute Gasteiger partial charge is 0.120 e. The molecular weight excluding hydrogens is 302 g/mol. The molecule has 0 saturated carbocycles. The molecule has 0 aliphatic carbocycles. The molecule has 0 radical (unpaired) electrons. The molecule has 2 fully saturated rings. The van der Waals surface area contributed by atoms with Crippen LogP contribution in [0.3, 0.4) is 0 Å². The number of hydrogen-bond acceptors (Lipinski definition) is 4. The molecule has 3 aliphatic rings.